The molecule has 1 atom stereocenters. The highest BCUT2D eigenvalue weighted by Gasteiger charge is 2.22. The van der Waals surface area contributed by atoms with E-state index in [1.165, 1.54) is 18.2 Å². The van der Waals surface area contributed by atoms with Crippen LogP contribution in [0.25, 0.3) is 0 Å². The highest BCUT2D eigenvalue weighted by atomic mass is 19.1. The van der Waals surface area contributed by atoms with Crippen LogP contribution in [0.15, 0.2) is 24.3 Å². The minimum absolute atomic E-state index is 0.214. The van der Waals surface area contributed by atoms with Crippen molar-refractivity contribution in [2.75, 3.05) is 5.32 Å². The van der Waals surface area contributed by atoms with Crippen molar-refractivity contribution < 1.29 is 14.0 Å². The summed E-state index contributed by atoms with van der Waals surface area (Å²) in [5, 5.41) is 10.9. The second kappa shape index (κ2) is 5.03. The van der Waals surface area contributed by atoms with Gasteiger partial charge in [0.1, 0.15) is 5.82 Å². The first-order valence-corrected chi connectivity index (χ1v) is 4.51. The van der Waals surface area contributed by atoms with Crippen molar-refractivity contribution in [3.05, 3.63) is 30.1 Å². The first-order valence-electron chi connectivity index (χ1n) is 4.51. The maximum atomic E-state index is 12.8. The summed E-state index contributed by atoms with van der Waals surface area (Å²) in [4.78, 5) is 22.3. The minimum Gasteiger partial charge on any atom is -0.324 e. The van der Waals surface area contributed by atoms with Crippen molar-refractivity contribution in [1.82, 2.24) is 0 Å². The number of hydrogen-bond acceptors (Lipinski definition) is 3. The van der Waals surface area contributed by atoms with E-state index in [0.29, 0.717) is 0 Å². The number of Topliss-reactive ketones (excluding diaryl/α,β-unsaturated/α-hetero) is 1. The largest absolute Gasteiger partial charge is 0.324 e. The van der Waals surface area contributed by atoms with E-state index in [2.05, 4.69) is 5.32 Å². The summed E-state index contributed by atoms with van der Waals surface area (Å²) >= 11 is 0. The molecule has 16 heavy (non-hydrogen) atoms. The van der Waals surface area contributed by atoms with Crippen LogP contribution in [0.1, 0.15) is 6.92 Å². The fourth-order valence-corrected chi connectivity index (χ4v) is 1.11. The third-order valence-corrected chi connectivity index (χ3v) is 1.89. The van der Waals surface area contributed by atoms with Crippen LogP contribution in [-0.2, 0) is 9.59 Å². The number of carbonyl (C=O) groups is 2. The van der Waals surface area contributed by atoms with Gasteiger partial charge in [0.25, 0.3) is 0 Å². The van der Waals surface area contributed by atoms with Crippen LogP contribution < -0.4 is 5.32 Å². The summed E-state index contributed by atoms with van der Waals surface area (Å²) < 4.78 is 12.8. The van der Waals surface area contributed by atoms with E-state index in [4.69, 9.17) is 5.26 Å². The Bertz CT molecular complexity index is 465. The van der Waals surface area contributed by atoms with Crippen LogP contribution in [0.4, 0.5) is 10.1 Å². The monoisotopic (exact) mass is 220 g/mol. The van der Waals surface area contributed by atoms with Crippen molar-refractivity contribution in [1.29, 1.82) is 5.26 Å². The predicted octanol–water partition coefficient (Wildman–Crippen LogP) is 1.49. The molecule has 0 heterocycles. The van der Waals surface area contributed by atoms with Crippen molar-refractivity contribution in [2.45, 2.75) is 6.92 Å². The molecule has 1 amide bonds. The summed E-state index contributed by atoms with van der Waals surface area (Å²) in [6.45, 7) is 1.15. The molecule has 0 fully saturated rings. The first-order chi connectivity index (χ1) is 7.54. The van der Waals surface area contributed by atoms with E-state index < -0.39 is 23.4 Å². The number of rotatable bonds is 3. The molecule has 0 spiro atoms. The molecule has 1 N–H and O–H groups in total. The summed E-state index contributed by atoms with van der Waals surface area (Å²) in [5.74, 6) is -3.16. The van der Waals surface area contributed by atoms with E-state index in [1.807, 2.05) is 0 Å². The van der Waals surface area contributed by atoms with Crippen LogP contribution in [0.3, 0.4) is 0 Å². The Morgan fingerprint density at radius 3 is 2.69 bits per heavy atom. The average molecular weight is 220 g/mol. The molecule has 1 aromatic rings. The molecular weight excluding hydrogens is 211 g/mol. The van der Waals surface area contributed by atoms with E-state index in [0.717, 1.165) is 13.0 Å². The number of nitrogens with zero attached hydrogens (tertiary/aromatic N) is 1. The zero-order valence-corrected chi connectivity index (χ0v) is 8.53. The summed E-state index contributed by atoms with van der Waals surface area (Å²) in [6, 6.07) is 6.79. The lowest BCUT2D eigenvalue weighted by atomic mass is 10.1. The molecule has 1 aromatic carbocycles. The van der Waals surface area contributed by atoms with E-state index in [9.17, 15) is 14.0 Å². The molecule has 1 rings (SSSR count). The van der Waals surface area contributed by atoms with Gasteiger partial charge in [0.2, 0.25) is 5.91 Å². The standard InChI is InChI=1S/C11H9FN2O2/c1-7(15)10(6-13)11(16)14-9-4-2-3-8(12)5-9/h2-5,10H,1H3,(H,14,16). The topological polar surface area (TPSA) is 70.0 Å². The van der Waals surface area contributed by atoms with Crippen molar-refractivity contribution in [3.63, 3.8) is 0 Å². The second-order valence-corrected chi connectivity index (χ2v) is 3.17. The molecule has 0 bridgehead atoms. The third-order valence-electron chi connectivity index (χ3n) is 1.89. The number of nitrogens with one attached hydrogen (secondary N) is 1. The predicted molar refractivity (Wildman–Crippen MR) is 54.8 cm³/mol. The van der Waals surface area contributed by atoms with Crippen molar-refractivity contribution in [3.8, 4) is 6.07 Å². The van der Waals surface area contributed by atoms with Crippen LogP contribution in [-0.4, -0.2) is 11.7 Å². The van der Waals surface area contributed by atoms with E-state index in [1.54, 1.807) is 6.07 Å². The quantitative estimate of drug-likeness (QED) is 0.784. The molecule has 0 aliphatic rings. The molecule has 0 radical (unpaired) electrons. The second-order valence-electron chi connectivity index (χ2n) is 3.17. The SMILES string of the molecule is CC(=O)C(C#N)C(=O)Nc1cccc(F)c1. The average Bonchev–Trinajstić information content (AvgIpc) is 2.17. The van der Waals surface area contributed by atoms with Gasteiger partial charge < -0.3 is 5.32 Å². The van der Waals surface area contributed by atoms with Crippen LogP contribution in [0.5, 0.6) is 0 Å². The smallest absolute Gasteiger partial charge is 0.249 e. The van der Waals surface area contributed by atoms with E-state index in [-0.39, 0.29) is 5.69 Å². The van der Waals surface area contributed by atoms with Crippen LogP contribution in [0.2, 0.25) is 0 Å². The Morgan fingerprint density at radius 1 is 1.50 bits per heavy atom. The van der Waals surface area contributed by atoms with Gasteiger partial charge in [-0.1, -0.05) is 6.07 Å². The molecule has 4 nitrogen and oxygen atoms in total. The lowest BCUT2D eigenvalue weighted by Crippen LogP contribution is -2.26. The van der Waals surface area contributed by atoms with Gasteiger partial charge in [-0.25, -0.2) is 4.39 Å². The number of hydrogen-bond donors (Lipinski definition) is 1. The molecule has 5 heteroatoms. The molecule has 0 aliphatic carbocycles. The van der Waals surface area contributed by atoms with Crippen molar-refractivity contribution in [2.24, 2.45) is 5.92 Å². The first kappa shape index (κ1) is 11.9. The fourth-order valence-electron chi connectivity index (χ4n) is 1.11. The number of ketones is 1. The summed E-state index contributed by atoms with van der Waals surface area (Å²) in [7, 11) is 0. The fraction of sp³-hybridized carbons (Fsp3) is 0.182. The maximum absolute atomic E-state index is 12.8. The molecular formula is C11H9FN2O2. The van der Waals surface area contributed by atoms with Gasteiger partial charge in [-0.3, -0.25) is 9.59 Å². The normalized spacial score (nSPS) is 11.3. The molecule has 0 aromatic heterocycles. The van der Waals surface area contributed by atoms with Gasteiger partial charge in [-0.15, -0.1) is 0 Å². The highest BCUT2D eigenvalue weighted by molar-refractivity contribution is 6.08. The lowest BCUT2D eigenvalue weighted by Gasteiger charge is -2.07. The summed E-state index contributed by atoms with van der Waals surface area (Å²) in [6.07, 6.45) is 0. The molecule has 0 saturated heterocycles. The Kier molecular flexibility index (Phi) is 3.72. The number of amides is 1. The summed E-state index contributed by atoms with van der Waals surface area (Å²) in [5.41, 5.74) is 0.214. The van der Waals surface area contributed by atoms with Crippen LogP contribution in [0, 0.1) is 23.1 Å². The highest BCUT2D eigenvalue weighted by Crippen LogP contribution is 2.10. The lowest BCUT2D eigenvalue weighted by molar-refractivity contribution is -0.127. The minimum atomic E-state index is -1.36. The molecule has 0 saturated carbocycles. The maximum Gasteiger partial charge on any atom is 0.249 e. The molecule has 0 aliphatic heterocycles. The Balaban J connectivity index is 2.79. The Hall–Kier alpha value is -2.22. The van der Waals surface area contributed by atoms with Gasteiger partial charge in [0.05, 0.1) is 6.07 Å². The number of carbonyl (C=O) groups excluding carboxylic acids is 2. The Labute approximate surface area is 91.7 Å². The number of anilines is 1. The zero-order chi connectivity index (χ0) is 12.1. The van der Waals surface area contributed by atoms with Gasteiger partial charge in [0, 0.05) is 5.69 Å². The Morgan fingerprint density at radius 2 is 2.19 bits per heavy atom. The van der Waals surface area contributed by atoms with Gasteiger partial charge >= 0.3 is 0 Å². The number of nitriles is 1. The van der Waals surface area contributed by atoms with E-state index >= 15 is 0 Å². The molecule has 1 unspecified atom stereocenters. The van der Waals surface area contributed by atoms with Gasteiger partial charge in [-0.05, 0) is 25.1 Å². The number of halogens is 1. The molecule has 82 valence electrons. The number of benzene rings is 1. The van der Waals surface area contributed by atoms with Gasteiger partial charge in [0.15, 0.2) is 11.7 Å². The van der Waals surface area contributed by atoms with Crippen molar-refractivity contribution >= 4 is 17.4 Å². The van der Waals surface area contributed by atoms with Crippen LogP contribution >= 0.6 is 0 Å². The third kappa shape index (κ3) is 2.89. The van der Waals surface area contributed by atoms with Gasteiger partial charge in [-0.2, -0.15) is 5.26 Å². The zero-order valence-electron chi connectivity index (χ0n) is 8.53.